The van der Waals surface area contributed by atoms with E-state index >= 15 is 0 Å². The highest BCUT2D eigenvalue weighted by Crippen LogP contribution is 2.33. The van der Waals surface area contributed by atoms with E-state index in [0.717, 1.165) is 11.1 Å². The number of nitrogens with zero attached hydrogens (tertiary/aromatic N) is 4. The van der Waals surface area contributed by atoms with Gasteiger partial charge in [-0.2, -0.15) is 4.31 Å². The SMILES string of the molecule is CN(C)c1cccc2c(S(=O)(=O)N3CCN(c4ccc([N+](C)=O)cc4C(=O)NO)CC3)cccc12. The van der Waals surface area contributed by atoms with E-state index < -0.39 is 15.9 Å². The Hall–Kier alpha value is -3.54. The number of hydroxylamine groups is 1. The summed E-state index contributed by atoms with van der Waals surface area (Å²) in [5.41, 5.74) is 3.46. The van der Waals surface area contributed by atoms with Crippen molar-refractivity contribution in [2.24, 2.45) is 0 Å². The quantitative estimate of drug-likeness (QED) is 0.305. The van der Waals surface area contributed by atoms with E-state index in [2.05, 4.69) is 0 Å². The molecule has 0 saturated carbocycles. The van der Waals surface area contributed by atoms with E-state index in [4.69, 9.17) is 5.21 Å². The Morgan fingerprint density at radius 3 is 2.29 bits per heavy atom. The molecular formula is C24H28N5O5S+. The first-order valence-corrected chi connectivity index (χ1v) is 12.5. The van der Waals surface area contributed by atoms with Gasteiger partial charge in [0.25, 0.3) is 11.6 Å². The number of benzene rings is 3. The van der Waals surface area contributed by atoms with E-state index in [1.54, 1.807) is 29.7 Å². The minimum absolute atomic E-state index is 0.134. The molecule has 11 heteroatoms. The molecular weight excluding hydrogens is 470 g/mol. The van der Waals surface area contributed by atoms with Crippen molar-refractivity contribution in [1.29, 1.82) is 0 Å². The molecule has 0 unspecified atom stereocenters. The number of amides is 1. The lowest BCUT2D eigenvalue weighted by molar-refractivity contribution is -0.428. The third-order valence-electron chi connectivity index (χ3n) is 6.23. The van der Waals surface area contributed by atoms with E-state index in [9.17, 15) is 18.1 Å². The van der Waals surface area contributed by atoms with Crippen molar-refractivity contribution < 1.29 is 23.2 Å². The highest BCUT2D eigenvalue weighted by atomic mass is 32.2. The van der Waals surface area contributed by atoms with Crippen molar-refractivity contribution in [2.45, 2.75) is 4.90 Å². The first-order chi connectivity index (χ1) is 16.6. The molecule has 4 rings (SSSR count). The summed E-state index contributed by atoms with van der Waals surface area (Å²) < 4.78 is 29.3. The number of carbonyl (C=O) groups excluding carboxylic acids is 1. The summed E-state index contributed by atoms with van der Waals surface area (Å²) in [7, 11) is 1.39. The fourth-order valence-electron chi connectivity index (χ4n) is 4.43. The summed E-state index contributed by atoms with van der Waals surface area (Å²) in [4.78, 5) is 28.0. The van der Waals surface area contributed by atoms with Crippen LogP contribution in [0.25, 0.3) is 10.8 Å². The molecule has 2 N–H and O–H groups in total. The van der Waals surface area contributed by atoms with Crippen LogP contribution in [0.5, 0.6) is 0 Å². The molecule has 35 heavy (non-hydrogen) atoms. The minimum atomic E-state index is -3.76. The fourth-order valence-corrected chi connectivity index (χ4v) is 6.05. The molecule has 3 aromatic carbocycles. The summed E-state index contributed by atoms with van der Waals surface area (Å²) in [6.45, 7) is 1.11. The van der Waals surface area contributed by atoms with Crippen LogP contribution in [-0.2, 0) is 10.0 Å². The summed E-state index contributed by atoms with van der Waals surface area (Å²) in [5, 5.41) is 10.7. The molecule has 10 nitrogen and oxygen atoms in total. The number of piperazine rings is 1. The Morgan fingerprint density at radius 2 is 1.66 bits per heavy atom. The number of carbonyl (C=O) groups is 1. The van der Waals surface area contributed by atoms with Gasteiger partial charge in [-0.1, -0.05) is 24.3 Å². The molecule has 3 aromatic rings. The van der Waals surface area contributed by atoms with Crippen LogP contribution in [-0.4, -0.2) is 75.9 Å². The van der Waals surface area contributed by atoms with Crippen LogP contribution in [0.15, 0.2) is 59.5 Å². The van der Waals surface area contributed by atoms with Gasteiger partial charge in [-0.05, 0) is 18.2 Å². The van der Waals surface area contributed by atoms with Gasteiger partial charge in [0, 0.05) is 78.5 Å². The molecule has 1 aliphatic heterocycles. The normalized spacial score (nSPS) is 14.7. The number of anilines is 2. The number of hydrogen-bond donors (Lipinski definition) is 2. The molecule has 0 aromatic heterocycles. The Labute approximate surface area is 203 Å². The maximum Gasteiger partial charge on any atom is 0.276 e. The van der Waals surface area contributed by atoms with E-state index in [1.165, 1.54) is 17.4 Å². The molecule has 184 valence electrons. The standard InChI is InChI=1S/C24H27N5O5S/c1-26(2)21-8-4-7-19-18(21)6-5-9-23(19)35(33,34)29-14-12-28(13-15-29)22-11-10-17(27(3)32)16-20(22)24(30)25-31/h4-11,16H,12-15H2,1-3H3,(H-,25,30,31)/p+1. The number of hydrogen-bond acceptors (Lipinski definition) is 7. The predicted molar refractivity (Wildman–Crippen MR) is 134 cm³/mol. The van der Waals surface area contributed by atoms with Crippen LogP contribution in [0.3, 0.4) is 0 Å². The van der Waals surface area contributed by atoms with Gasteiger partial charge in [0.2, 0.25) is 10.0 Å². The summed E-state index contributed by atoms with van der Waals surface area (Å²) in [6, 6.07) is 15.5. The minimum Gasteiger partial charge on any atom is -0.377 e. The molecule has 0 radical (unpaired) electrons. The van der Waals surface area contributed by atoms with Gasteiger partial charge in [0.05, 0.1) is 16.1 Å². The van der Waals surface area contributed by atoms with Crippen molar-refractivity contribution in [3.8, 4) is 0 Å². The summed E-state index contributed by atoms with van der Waals surface area (Å²) in [5.74, 6) is -0.744. The molecule has 1 aliphatic rings. The lowest BCUT2D eigenvalue weighted by atomic mass is 10.1. The first-order valence-electron chi connectivity index (χ1n) is 11.1. The zero-order valence-electron chi connectivity index (χ0n) is 19.8. The maximum absolute atomic E-state index is 13.6. The molecule has 0 aliphatic carbocycles. The van der Waals surface area contributed by atoms with Crippen molar-refractivity contribution in [3.05, 3.63) is 65.1 Å². The number of nitrogens with one attached hydrogen (secondary N) is 1. The van der Waals surface area contributed by atoms with Gasteiger partial charge in [0.1, 0.15) is 0 Å². The zero-order valence-corrected chi connectivity index (χ0v) is 20.6. The van der Waals surface area contributed by atoms with Crippen molar-refractivity contribution in [1.82, 2.24) is 9.79 Å². The van der Waals surface area contributed by atoms with Crippen molar-refractivity contribution >= 4 is 43.8 Å². The fraction of sp³-hybridized carbons (Fsp3) is 0.292. The third-order valence-corrected chi connectivity index (χ3v) is 8.18. The van der Waals surface area contributed by atoms with Gasteiger partial charge >= 0.3 is 0 Å². The van der Waals surface area contributed by atoms with Crippen LogP contribution in [0.1, 0.15) is 10.4 Å². The Bertz CT molecular complexity index is 1400. The Morgan fingerprint density at radius 1 is 1.00 bits per heavy atom. The van der Waals surface area contributed by atoms with E-state index in [0.29, 0.717) is 28.9 Å². The first kappa shape index (κ1) is 24.6. The van der Waals surface area contributed by atoms with E-state index in [-0.39, 0.29) is 29.2 Å². The van der Waals surface area contributed by atoms with Crippen molar-refractivity contribution in [3.63, 3.8) is 0 Å². The molecule has 1 saturated heterocycles. The number of nitroso groups, excluding NO2 is 1. The van der Waals surface area contributed by atoms with Crippen molar-refractivity contribution in [2.75, 3.05) is 57.1 Å². The topological polar surface area (TPSA) is 113 Å². The third kappa shape index (κ3) is 4.57. The molecule has 1 heterocycles. The molecule has 0 spiro atoms. The molecule has 1 fully saturated rings. The second kappa shape index (κ2) is 9.61. The smallest absolute Gasteiger partial charge is 0.276 e. The Kier molecular flexibility index (Phi) is 6.75. The van der Waals surface area contributed by atoms with Gasteiger partial charge in [0.15, 0.2) is 7.05 Å². The maximum atomic E-state index is 13.6. The predicted octanol–water partition coefficient (Wildman–Crippen LogP) is 2.58. The lowest BCUT2D eigenvalue weighted by Gasteiger charge is -2.36. The highest BCUT2D eigenvalue weighted by molar-refractivity contribution is 7.89. The van der Waals surface area contributed by atoms with Gasteiger partial charge in [-0.25, -0.2) is 13.9 Å². The van der Waals surface area contributed by atoms with Crippen LogP contribution in [0, 0.1) is 4.91 Å². The van der Waals surface area contributed by atoms with Crippen LogP contribution in [0.2, 0.25) is 0 Å². The van der Waals surface area contributed by atoms with Crippen LogP contribution < -0.4 is 15.3 Å². The number of fused-ring (bicyclic) bond motifs is 1. The number of rotatable bonds is 6. The molecule has 1 amide bonds. The molecule has 0 atom stereocenters. The van der Waals surface area contributed by atoms with Gasteiger partial charge in [-0.15, -0.1) is 0 Å². The second-order valence-corrected chi connectivity index (χ2v) is 10.5. The number of sulfonamides is 1. The van der Waals surface area contributed by atoms with Gasteiger partial charge in [-0.3, -0.25) is 10.0 Å². The van der Waals surface area contributed by atoms with Crippen LogP contribution in [0.4, 0.5) is 17.1 Å². The largest absolute Gasteiger partial charge is 0.377 e. The van der Waals surface area contributed by atoms with Gasteiger partial charge < -0.3 is 9.80 Å². The zero-order chi connectivity index (χ0) is 25.3. The van der Waals surface area contributed by atoms with Crippen LogP contribution >= 0.6 is 0 Å². The Balaban J connectivity index is 1.62. The average molecular weight is 499 g/mol. The molecule has 0 bridgehead atoms. The highest BCUT2D eigenvalue weighted by Gasteiger charge is 2.31. The monoisotopic (exact) mass is 498 g/mol. The second-order valence-electron chi connectivity index (χ2n) is 8.55. The van der Waals surface area contributed by atoms with E-state index in [1.807, 2.05) is 48.2 Å². The summed E-state index contributed by atoms with van der Waals surface area (Å²) >= 11 is 0. The lowest BCUT2D eigenvalue weighted by Crippen LogP contribution is -2.49. The summed E-state index contributed by atoms with van der Waals surface area (Å²) in [6.07, 6.45) is 0. The average Bonchev–Trinajstić information content (AvgIpc) is 2.87.